The predicted octanol–water partition coefficient (Wildman–Crippen LogP) is 2.23. The highest BCUT2D eigenvalue weighted by molar-refractivity contribution is 5.85. The fourth-order valence-electron chi connectivity index (χ4n) is 3.78. The molecule has 1 saturated heterocycles. The van der Waals surface area contributed by atoms with Crippen LogP contribution in [-0.4, -0.2) is 24.6 Å². The van der Waals surface area contributed by atoms with Crippen LogP contribution in [0.25, 0.3) is 0 Å². The molecule has 4 heteroatoms. The van der Waals surface area contributed by atoms with Crippen LogP contribution in [0.5, 0.6) is 0 Å². The molecule has 0 aromatic rings. The number of fused-ring (bicyclic) bond motifs is 1. The van der Waals surface area contributed by atoms with E-state index in [0.717, 1.165) is 31.3 Å². The Morgan fingerprint density at radius 1 is 1.32 bits per heavy atom. The molecule has 2 aliphatic heterocycles. The van der Waals surface area contributed by atoms with Crippen molar-refractivity contribution in [3.05, 3.63) is 11.6 Å². The Balaban J connectivity index is 1.83. The Labute approximate surface area is 113 Å². The molecule has 0 bridgehead atoms. The Kier molecular flexibility index (Phi) is 2.91. The van der Waals surface area contributed by atoms with Crippen LogP contribution in [0.1, 0.15) is 39.5 Å². The Morgan fingerprint density at radius 2 is 2.11 bits per heavy atom. The first kappa shape index (κ1) is 12.7. The van der Waals surface area contributed by atoms with Gasteiger partial charge >= 0.3 is 11.9 Å². The lowest BCUT2D eigenvalue weighted by Gasteiger charge is -2.47. The highest BCUT2D eigenvalue weighted by atomic mass is 16.6. The largest absolute Gasteiger partial charge is 0.458 e. The van der Waals surface area contributed by atoms with Crippen molar-refractivity contribution < 1.29 is 19.1 Å². The molecular weight excluding hydrogens is 244 g/mol. The third kappa shape index (κ3) is 2.17. The molecule has 104 valence electrons. The van der Waals surface area contributed by atoms with Crippen molar-refractivity contribution >= 4 is 11.9 Å². The third-order valence-corrected chi connectivity index (χ3v) is 4.95. The van der Waals surface area contributed by atoms with Crippen LogP contribution in [0.4, 0.5) is 0 Å². The highest BCUT2D eigenvalue weighted by Gasteiger charge is 2.48. The number of carbonyl (C=O) groups excluding carboxylic acids is 2. The molecular formula is C15H20O4. The molecule has 0 radical (unpaired) electrons. The fraction of sp³-hybridized carbons (Fsp3) is 0.733. The van der Waals surface area contributed by atoms with Crippen molar-refractivity contribution in [1.82, 2.24) is 0 Å². The SMILES string of the molecule is CC1(C)CCCC2C(=O)OC(C3=CC(=O)OC3)CC21. The van der Waals surface area contributed by atoms with Crippen LogP contribution in [-0.2, 0) is 19.1 Å². The molecule has 0 amide bonds. The molecule has 1 saturated carbocycles. The van der Waals surface area contributed by atoms with E-state index in [1.54, 1.807) is 0 Å². The third-order valence-electron chi connectivity index (χ3n) is 4.95. The number of hydrogen-bond donors (Lipinski definition) is 0. The van der Waals surface area contributed by atoms with E-state index in [-0.39, 0.29) is 36.0 Å². The monoisotopic (exact) mass is 264 g/mol. The quantitative estimate of drug-likeness (QED) is 0.681. The lowest BCUT2D eigenvalue weighted by atomic mass is 9.60. The van der Waals surface area contributed by atoms with Gasteiger partial charge in [-0.05, 0) is 30.6 Å². The lowest BCUT2D eigenvalue weighted by Crippen LogP contribution is -2.47. The average molecular weight is 264 g/mol. The second kappa shape index (κ2) is 4.36. The van der Waals surface area contributed by atoms with Crippen LogP contribution in [0, 0.1) is 17.3 Å². The van der Waals surface area contributed by atoms with E-state index in [1.807, 2.05) is 0 Å². The zero-order valence-corrected chi connectivity index (χ0v) is 11.5. The van der Waals surface area contributed by atoms with Gasteiger partial charge in [-0.3, -0.25) is 4.79 Å². The number of esters is 2. The van der Waals surface area contributed by atoms with E-state index >= 15 is 0 Å². The second-order valence-corrected chi connectivity index (χ2v) is 6.58. The van der Waals surface area contributed by atoms with Crippen molar-refractivity contribution in [2.45, 2.75) is 45.6 Å². The van der Waals surface area contributed by atoms with E-state index < -0.39 is 0 Å². The van der Waals surface area contributed by atoms with E-state index in [4.69, 9.17) is 9.47 Å². The summed E-state index contributed by atoms with van der Waals surface area (Å²) in [5, 5.41) is 0. The number of cyclic esters (lactones) is 2. The zero-order valence-electron chi connectivity index (χ0n) is 11.5. The Hall–Kier alpha value is -1.32. The zero-order chi connectivity index (χ0) is 13.6. The van der Waals surface area contributed by atoms with Gasteiger partial charge in [-0.25, -0.2) is 4.79 Å². The van der Waals surface area contributed by atoms with Gasteiger partial charge in [0.15, 0.2) is 0 Å². The van der Waals surface area contributed by atoms with Gasteiger partial charge in [-0.15, -0.1) is 0 Å². The first-order chi connectivity index (χ1) is 8.97. The van der Waals surface area contributed by atoms with Crippen LogP contribution < -0.4 is 0 Å². The first-order valence-electron chi connectivity index (χ1n) is 7.05. The molecule has 0 spiro atoms. The number of ether oxygens (including phenoxy) is 2. The fourth-order valence-corrected chi connectivity index (χ4v) is 3.78. The molecule has 3 rings (SSSR count). The molecule has 1 aliphatic carbocycles. The minimum absolute atomic E-state index is 0.0404. The van der Waals surface area contributed by atoms with E-state index in [9.17, 15) is 9.59 Å². The summed E-state index contributed by atoms with van der Waals surface area (Å²) in [7, 11) is 0. The predicted molar refractivity (Wildman–Crippen MR) is 68.2 cm³/mol. The molecule has 3 unspecified atom stereocenters. The van der Waals surface area contributed by atoms with Crippen LogP contribution in [0.15, 0.2) is 11.6 Å². The molecule has 0 aromatic carbocycles. The summed E-state index contributed by atoms with van der Waals surface area (Å²) >= 11 is 0. The summed E-state index contributed by atoms with van der Waals surface area (Å²) in [6, 6.07) is 0. The maximum absolute atomic E-state index is 12.2. The van der Waals surface area contributed by atoms with Crippen molar-refractivity contribution in [2.75, 3.05) is 6.61 Å². The summed E-state index contributed by atoms with van der Waals surface area (Å²) in [5.41, 5.74) is 0.989. The standard InChI is InChI=1S/C15H20O4/c1-15(2)5-3-4-10-11(15)7-12(19-14(10)17)9-6-13(16)18-8-9/h6,10-12H,3-5,7-8H2,1-2H3. The summed E-state index contributed by atoms with van der Waals surface area (Å²) in [4.78, 5) is 23.3. The Bertz CT molecular complexity index is 449. The summed E-state index contributed by atoms with van der Waals surface area (Å²) in [6.07, 6.45) is 5.23. The molecule has 4 nitrogen and oxygen atoms in total. The van der Waals surface area contributed by atoms with E-state index in [0.29, 0.717) is 5.92 Å². The van der Waals surface area contributed by atoms with Crippen molar-refractivity contribution in [3.63, 3.8) is 0 Å². The van der Waals surface area contributed by atoms with Gasteiger partial charge in [0, 0.05) is 11.6 Å². The number of rotatable bonds is 1. The normalized spacial score (nSPS) is 37.2. The molecule has 2 heterocycles. The summed E-state index contributed by atoms with van der Waals surface area (Å²) in [6.45, 7) is 4.75. The number of hydrogen-bond acceptors (Lipinski definition) is 4. The van der Waals surface area contributed by atoms with Gasteiger partial charge in [0.2, 0.25) is 0 Å². The molecule has 0 N–H and O–H groups in total. The maximum Gasteiger partial charge on any atom is 0.331 e. The van der Waals surface area contributed by atoms with Gasteiger partial charge in [0.25, 0.3) is 0 Å². The first-order valence-corrected chi connectivity index (χ1v) is 7.05. The van der Waals surface area contributed by atoms with E-state index in [1.165, 1.54) is 6.08 Å². The van der Waals surface area contributed by atoms with Gasteiger partial charge in [0.1, 0.15) is 12.7 Å². The highest BCUT2D eigenvalue weighted by Crippen LogP contribution is 2.49. The van der Waals surface area contributed by atoms with Crippen LogP contribution in [0.3, 0.4) is 0 Å². The van der Waals surface area contributed by atoms with E-state index in [2.05, 4.69) is 13.8 Å². The number of carbonyl (C=O) groups is 2. The second-order valence-electron chi connectivity index (χ2n) is 6.58. The van der Waals surface area contributed by atoms with Crippen molar-refractivity contribution in [3.8, 4) is 0 Å². The smallest absolute Gasteiger partial charge is 0.331 e. The minimum atomic E-state index is -0.323. The van der Waals surface area contributed by atoms with Gasteiger partial charge in [0.05, 0.1) is 5.92 Å². The maximum atomic E-state index is 12.2. The molecule has 19 heavy (non-hydrogen) atoms. The molecule has 2 fully saturated rings. The summed E-state index contributed by atoms with van der Waals surface area (Å²) in [5.74, 6) is -0.0203. The van der Waals surface area contributed by atoms with Crippen molar-refractivity contribution in [2.24, 2.45) is 17.3 Å². The van der Waals surface area contributed by atoms with Gasteiger partial charge in [-0.2, -0.15) is 0 Å². The van der Waals surface area contributed by atoms with Crippen LogP contribution >= 0.6 is 0 Å². The van der Waals surface area contributed by atoms with Crippen LogP contribution in [0.2, 0.25) is 0 Å². The summed E-state index contributed by atoms with van der Waals surface area (Å²) < 4.78 is 10.5. The minimum Gasteiger partial charge on any atom is -0.458 e. The average Bonchev–Trinajstić information content (AvgIpc) is 2.76. The Morgan fingerprint density at radius 3 is 2.79 bits per heavy atom. The topological polar surface area (TPSA) is 52.6 Å². The molecule has 3 aliphatic rings. The van der Waals surface area contributed by atoms with Crippen molar-refractivity contribution in [1.29, 1.82) is 0 Å². The lowest BCUT2D eigenvalue weighted by molar-refractivity contribution is -0.170. The molecule has 0 aromatic heterocycles. The van der Waals surface area contributed by atoms with Gasteiger partial charge in [-0.1, -0.05) is 20.3 Å². The molecule has 3 atom stereocenters. The van der Waals surface area contributed by atoms with Gasteiger partial charge < -0.3 is 9.47 Å².